The second kappa shape index (κ2) is 15.9. The molecule has 0 spiro atoms. The minimum atomic E-state index is -0.0283. The molecule has 4 aliphatic rings. The molecule has 8 aromatic carbocycles. The van der Waals surface area contributed by atoms with Crippen molar-refractivity contribution in [3.05, 3.63) is 203 Å². The van der Waals surface area contributed by atoms with Crippen LogP contribution in [0, 0.1) is 13.8 Å². The van der Waals surface area contributed by atoms with E-state index < -0.39 is 0 Å². The Morgan fingerprint density at radius 1 is 0.386 bits per heavy atom. The van der Waals surface area contributed by atoms with Gasteiger partial charge in [-0.05, 0) is 207 Å². The summed E-state index contributed by atoms with van der Waals surface area (Å²) in [6.07, 6.45) is 4.69. The monoisotopic (exact) mass is 912 g/mol. The Labute approximate surface area is 417 Å². The maximum absolute atomic E-state index is 2.69. The van der Waals surface area contributed by atoms with Gasteiger partial charge in [-0.25, -0.2) is 0 Å². The number of hydrogen-bond acceptors (Lipinski definition) is 3. The molecule has 0 radical (unpaired) electrons. The Morgan fingerprint density at radius 3 is 1.50 bits per heavy atom. The molecule has 4 heteroatoms. The highest BCUT2D eigenvalue weighted by molar-refractivity contribution is 7.00. The van der Waals surface area contributed by atoms with Crippen LogP contribution in [0.15, 0.2) is 170 Å². The molecule has 3 nitrogen and oxygen atoms in total. The Bertz CT molecular complexity index is 3330. The molecule has 2 aliphatic carbocycles. The number of benzene rings is 8. The van der Waals surface area contributed by atoms with Crippen LogP contribution in [0.1, 0.15) is 114 Å². The van der Waals surface area contributed by atoms with Crippen molar-refractivity contribution in [3.63, 3.8) is 0 Å². The third-order valence-electron chi connectivity index (χ3n) is 17.1. The molecule has 8 aromatic rings. The first kappa shape index (κ1) is 44.4. The Balaban J connectivity index is 1.18. The van der Waals surface area contributed by atoms with Crippen molar-refractivity contribution >= 4 is 74.3 Å². The van der Waals surface area contributed by atoms with Crippen molar-refractivity contribution in [1.29, 1.82) is 0 Å². The van der Waals surface area contributed by atoms with Gasteiger partial charge in [-0.15, -0.1) is 0 Å². The lowest BCUT2D eigenvalue weighted by atomic mass is 9.33. The third kappa shape index (κ3) is 6.99. The van der Waals surface area contributed by atoms with Gasteiger partial charge in [0.25, 0.3) is 6.71 Å². The van der Waals surface area contributed by atoms with Crippen molar-refractivity contribution in [2.45, 2.75) is 117 Å². The van der Waals surface area contributed by atoms with E-state index in [9.17, 15) is 0 Å². The van der Waals surface area contributed by atoms with E-state index in [1.807, 2.05) is 0 Å². The van der Waals surface area contributed by atoms with Crippen LogP contribution < -0.4 is 31.1 Å². The molecule has 0 amide bonds. The Hall–Kier alpha value is -6.78. The maximum atomic E-state index is 2.69. The van der Waals surface area contributed by atoms with Gasteiger partial charge in [0.2, 0.25) is 0 Å². The van der Waals surface area contributed by atoms with Crippen molar-refractivity contribution in [3.8, 4) is 11.1 Å². The van der Waals surface area contributed by atoms with Crippen molar-refractivity contribution in [1.82, 2.24) is 0 Å². The Kier molecular flexibility index (Phi) is 10.1. The third-order valence-corrected chi connectivity index (χ3v) is 17.1. The summed E-state index contributed by atoms with van der Waals surface area (Å²) in [7, 11) is 0. The molecule has 70 heavy (non-hydrogen) atoms. The summed E-state index contributed by atoms with van der Waals surface area (Å²) >= 11 is 0. The lowest BCUT2D eigenvalue weighted by Gasteiger charge is -2.48. The maximum Gasteiger partial charge on any atom is 0.252 e. The summed E-state index contributed by atoms with van der Waals surface area (Å²) in [6.45, 7) is 24.3. The summed E-state index contributed by atoms with van der Waals surface area (Å²) in [5, 5.41) is 0. The van der Waals surface area contributed by atoms with Gasteiger partial charge in [-0.1, -0.05) is 140 Å². The predicted octanol–water partition coefficient (Wildman–Crippen LogP) is 16.2. The first-order chi connectivity index (χ1) is 33.5. The zero-order valence-corrected chi connectivity index (χ0v) is 42.9. The minimum absolute atomic E-state index is 0.0283. The number of aryl methyl sites for hydroxylation is 2. The molecule has 2 aliphatic heterocycles. The van der Waals surface area contributed by atoms with Crippen LogP contribution in [0.2, 0.25) is 0 Å². The zero-order chi connectivity index (χ0) is 48.5. The summed E-state index contributed by atoms with van der Waals surface area (Å²) < 4.78 is 0. The summed E-state index contributed by atoms with van der Waals surface area (Å²) in [5.74, 6) is 0. The van der Waals surface area contributed by atoms with E-state index in [2.05, 4.69) is 254 Å². The van der Waals surface area contributed by atoms with E-state index in [4.69, 9.17) is 0 Å². The van der Waals surface area contributed by atoms with Crippen molar-refractivity contribution in [2.24, 2.45) is 0 Å². The van der Waals surface area contributed by atoms with Gasteiger partial charge in [0.15, 0.2) is 0 Å². The molecule has 0 unspecified atom stereocenters. The lowest BCUT2D eigenvalue weighted by molar-refractivity contribution is 0.332. The molecule has 0 atom stereocenters. The number of hydrogen-bond donors (Lipinski definition) is 0. The zero-order valence-electron chi connectivity index (χ0n) is 42.9. The molecule has 348 valence electrons. The van der Waals surface area contributed by atoms with Crippen LogP contribution in [0.25, 0.3) is 11.1 Å². The number of fused-ring (bicyclic) bond motifs is 6. The predicted molar refractivity (Wildman–Crippen MR) is 301 cm³/mol. The molecular formula is C66H66BN3. The number of nitrogens with zero attached hydrogens (tertiary/aromatic N) is 3. The molecule has 0 saturated heterocycles. The van der Waals surface area contributed by atoms with Gasteiger partial charge in [-0.3, -0.25) is 0 Å². The fourth-order valence-corrected chi connectivity index (χ4v) is 12.9. The Morgan fingerprint density at radius 2 is 0.900 bits per heavy atom. The van der Waals surface area contributed by atoms with E-state index in [0.717, 1.165) is 29.9 Å². The van der Waals surface area contributed by atoms with Gasteiger partial charge < -0.3 is 14.7 Å². The van der Waals surface area contributed by atoms with Gasteiger partial charge in [0, 0.05) is 51.2 Å². The molecular weight excluding hydrogens is 846 g/mol. The fraction of sp³-hybridized carbons (Fsp3) is 0.273. The van der Waals surface area contributed by atoms with Crippen LogP contribution in [-0.4, -0.2) is 6.71 Å². The number of rotatable bonds is 6. The molecule has 0 bridgehead atoms. The van der Waals surface area contributed by atoms with Crippen LogP contribution in [0.5, 0.6) is 0 Å². The van der Waals surface area contributed by atoms with Crippen LogP contribution >= 0.6 is 0 Å². The summed E-state index contributed by atoms with van der Waals surface area (Å²) in [4.78, 5) is 7.72. The van der Waals surface area contributed by atoms with Crippen LogP contribution in [-0.2, 0) is 21.7 Å². The van der Waals surface area contributed by atoms with Gasteiger partial charge in [0.1, 0.15) is 0 Å². The lowest BCUT2D eigenvalue weighted by Crippen LogP contribution is -2.62. The van der Waals surface area contributed by atoms with E-state index in [0.29, 0.717) is 0 Å². The average molecular weight is 912 g/mol. The first-order valence-corrected chi connectivity index (χ1v) is 25.8. The van der Waals surface area contributed by atoms with E-state index >= 15 is 0 Å². The fourth-order valence-electron chi connectivity index (χ4n) is 12.9. The SMILES string of the molecule is Cc1cc2c3c(c1)N(c1ccc(-c4ccccc4)cc1C)c1ccc(N(c4ccccc4)c4ccccc4)cc1B3c1cc3c(cc1N2c1ccc2c(c1)C(C)(C)CCC2(C)C)C(C)(C)CCC3(C)C. The molecule has 0 aromatic heterocycles. The van der Waals surface area contributed by atoms with Gasteiger partial charge in [0.05, 0.1) is 0 Å². The minimum Gasteiger partial charge on any atom is -0.311 e. The molecule has 0 saturated carbocycles. The van der Waals surface area contributed by atoms with E-state index in [1.165, 1.54) is 108 Å². The normalized spacial score (nSPS) is 17.4. The molecule has 0 fully saturated rings. The smallest absolute Gasteiger partial charge is 0.252 e. The topological polar surface area (TPSA) is 9.72 Å². The standard InChI is InChI=1S/C66H66BN3/c1-43-36-60-62-61(37-43)70(57-30-26-46(38-44(57)2)45-20-14-11-15-21-45)58-31-28-50(68(47-22-16-12-17-23-47)48-24-18-13-19-25-48)40-55(58)67(62)56-41-53-54(66(9,10)35-34-65(53,7)8)42-59(56)69(60)49-27-29-51-52(39-49)64(5,6)33-32-63(51,3)4/h11-31,36-42H,32-35H2,1-10H3. The van der Waals surface area contributed by atoms with Gasteiger partial charge >= 0.3 is 0 Å². The number of para-hydroxylation sites is 2. The first-order valence-electron chi connectivity index (χ1n) is 25.8. The van der Waals surface area contributed by atoms with Crippen LogP contribution in [0.3, 0.4) is 0 Å². The summed E-state index contributed by atoms with van der Waals surface area (Å²) in [6, 6.07) is 64.8. The molecule has 12 rings (SSSR count). The molecule has 2 heterocycles. The highest BCUT2D eigenvalue weighted by Crippen LogP contribution is 2.53. The molecule has 0 N–H and O–H groups in total. The largest absolute Gasteiger partial charge is 0.311 e. The average Bonchev–Trinajstić information content (AvgIpc) is 3.35. The van der Waals surface area contributed by atoms with Crippen LogP contribution in [0.4, 0.5) is 51.2 Å². The highest BCUT2D eigenvalue weighted by Gasteiger charge is 2.47. The second-order valence-corrected chi connectivity index (χ2v) is 23.7. The van der Waals surface area contributed by atoms with Crippen molar-refractivity contribution in [2.75, 3.05) is 14.7 Å². The van der Waals surface area contributed by atoms with Crippen molar-refractivity contribution < 1.29 is 0 Å². The van der Waals surface area contributed by atoms with Gasteiger partial charge in [-0.2, -0.15) is 0 Å². The second-order valence-electron chi connectivity index (χ2n) is 23.7. The quantitative estimate of drug-likeness (QED) is 0.154. The van der Waals surface area contributed by atoms with E-state index in [1.54, 1.807) is 0 Å². The summed E-state index contributed by atoms with van der Waals surface area (Å²) in [5.41, 5.74) is 26.2. The van der Waals surface area contributed by atoms with E-state index in [-0.39, 0.29) is 28.4 Å². The number of anilines is 9. The highest BCUT2D eigenvalue weighted by atomic mass is 15.2.